The zero-order valence-electron chi connectivity index (χ0n) is 17.5. The van der Waals surface area contributed by atoms with Gasteiger partial charge in [0.05, 0.1) is 6.10 Å². The normalized spacial score (nSPS) is 15.2. The van der Waals surface area contributed by atoms with Crippen molar-refractivity contribution in [2.75, 3.05) is 31.1 Å². The lowest BCUT2D eigenvalue weighted by Crippen LogP contribution is -2.58. The molecule has 2 aromatic rings. The molecular weight excluding hydrogens is 434 g/mol. The van der Waals surface area contributed by atoms with Gasteiger partial charge >= 0.3 is 6.03 Å². The number of halogens is 1. The van der Waals surface area contributed by atoms with Crippen LogP contribution in [0.5, 0.6) is 0 Å². The largest absolute Gasteiger partial charge is 0.391 e. The fourth-order valence-electron chi connectivity index (χ4n) is 3.22. The van der Waals surface area contributed by atoms with E-state index < -0.39 is 24.1 Å². The molecule has 0 aliphatic carbocycles. The van der Waals surface area contributed by atoms with Crippen LogP contribution < -0.4 is 15.7 Å². The summed E-state index contributed by atoms with van der Waals surface area (Å²) >= 11 is 5.78. The van der Waals surface area contributed by atoms with Crippen LogP contribution >= 0.6 is 11.6 Å². The summed E-state index contributed by atoms with van der Waals surface area (Å²) in [6.07, 6.45) is 0.476. The number of pyridine rings is 1. The van der Waals surface area contributed by atoms with Gasteiger partial charge in [0.1, 0.15) is 11.2 Å². The minimum Gasteiger partial charge on any atom is -0.391 e. The first kappa shape index (κ1) is 23.3. The summed E-state index contributed by atoms with van der Waals surface area (Å²) in [5.41, 5.74) is 4.12. The van der Waals surface area contributed by atoms with Gasteiger partial charge in [-0.3, -0.25) is 10.0 Å². The Kier molecular flexibility index (Phi) is 7.89. The predicted molar refractivity (Wildman–Crippen MR) is 119 cm³/mol. The van der Waals surface area contributed by atoms with Crippen LogP contribution in [0.4, 0.5) is 10.5 Å². The van der Waals surface area contributed by atoms with Gasteiger partial charge in [-0.1, -0.05) is 23.4 Å². The molecule has 3 rings (SSSR count). The van der Waals surface area contributed by atoms with Crippen LogP contribution in [0.1, 0.15) is 18.1 Å². The van der Waals surface area contributed by atoms with E-state index in [4.69, 9.17) is 16.8 Å². The molecule has 1 saturated heterocycles. The van der Waals surface area contributed by atoms with Crippen molar-refractivity contribution in [2.24, 2.45) is 0 Å². The van der Waals surface area contributed by atoms with E-state index in [0.717, 1.165) is 16.8 Å². The molecule has 9 nitrogen and oxygen atoms in total. The molecule has 4 N–H and O–H groups in total. The molecule has 1 aromatic carbocycles. The van der Waals surface area contributed by atoms with E-state index in [0.29, 0.717) is 31.3 Å². The molecule has 10 heteroatoms. The SMILES string of the molecule is C[C@@H](O)[C@H](NC(=O)N1CCN(c2ccc(C#Cc3ccc(Cl)nc3)cc2)CC1)C(=O)NO. The lowest BCUT2D eigenvalue weighted by molar-refractivity contribution is -0.133. The third kappa shape index (κ3) is 6.11. The minimum atomic E-state index is -1.23. The third-order valence-electron chi connectivity index (χ3n) is 5.03. The lowest BCUT2D eigenvalue weighted by Gasteiger charge is -2.36. The smallest absolute Gasteiger partial charge is 0.318 e. The van der Waals surface area contributed by atoms with Gasteiger partial charge in [0, 0.05) is 49.2 Å². The first-order valence-corrected chi connectivity index (χ1v) is 10.4. The number of anilines is 1. The molecule has 168 valence electrons. The zero-order chi connectivity index (χ0) is 23.1. The molecule has 0 unspecified atom stereocenters. The van der Waals surface area contributed by atoms with Crippen LogP contribution in [0, 0.1) is 11.8 Å². The first-order valence-electron chi connectivity index (χ1n) is 10.0. The number of urea groups is 1. The fraction of sp³-hybridized carbons (Fsp3) is 0.318. The number of hydrogen-bond acceptors (Lipinski definition) is 6. The second kappa shape index (κ2) is 10.8. The van der Waals surface area contributed by atoms with E-state index in [9.17, 15) is 14.7 Å². The molecule has 2 atom stereocenters. The number of hydrogen-bond donors (Lipinski definition) is 4. The average Bonchev–Trinajstić information content (AvgIpc) is 2.82. The van der Waals surface area contributed by atoms with E-state index in [1.807, 2.05) is 30.3 Å². The number of amides is 3. The lowest BCUT2D eigenvalue weighted by atomic mass is 10.1. The number of piperazine rings is 1. The number of carbonyl (C=O) groups excluding carboxylic acids is 2. The van der Waals surface area contributed by atoms with Gasteiger partial charge in [0.2, 0.25) is 0 Å². The Hall–Kier alpha value is -3.32. The van der Waals surface area contributed by atoms with Crippen LogP contribution in [0.3, 0.4) is 0 Å². The molecule has 2 heterocycles. The van der Waals surface area contributed by atoms with Gasteiger partial charge in [0.25, 0.3) is 5.91 Å². The number of hydroxylamine groups is 1. The Labute approximate surface area is 191 Å². The Bertz CT molecular complexity index is 994. The number of carbonyl (C=O) groups is 2. The van der Waals surface area contributed by atoms with Gasteiger partial charge in [-0.15, -0.1) is 0 Å². The number of rotatable bonds is 4. The Morgan fingerprint density at radius 3 is 2.25 bits per heavy atom. The number of nitrogens with zero attached hydrogens (tertiary/aromatic N) is 3. The van der Waals surface area contributed by atoms with E-state index in [2.05, 4.69) is 27.0 Å². The van der Waals surface area contributed by atoms with Crippen molar-refractivity contribution in [2.45, 2.75) is 19.1 Å². The van der Waals surface area contributed by atoms with E-state index in [1.54, 1.807) is 17.2 Å². The summed E-state index contributed by atoms with van der Waals surface area (Å²) in [6, 6.07) is 9.64. The molecule has 1 aliphatic heterocycles. The zero-order valence-corrected chi connectivity index (χ0v) is 18.2. The molecule has 0 spiro atoms. The van der Waals surface area contributed by atoms with Crippen molar-refractivity contribution in [3.05, 3.63) is 58.9 Å². The number of aliphatic hydroxyl groups is 1. The summed E-state index contributed by atoms with van der Waals surface area (Å²) in [4.78, 5) is 31.7. The van der Waals surface area contributed by atoms with Crippen LogP contribution in [-0.4, -0.2) is 70.5 Å². The summed E-state index contributed by atoms with van der Waals surface area (Å²) in [5.74, 6) is 5.26. The molecule has 32 heavy (non-hydrogen) atoms. The molecule has 0 radical (unpaired) electrons. The molecule has 3 amide bonds. The minimum absolute atomic E-state index is 0.427. The molecule has 0 bridgehead atoms. The molecule has 1 aromatic heterocycles. The maximum atomic E-state index is 12.4. The fourth-order valence-corrected chi connectivity index (χ4v) is 3.33. The number of aromatic nitrogens is 1. The third-order valence-corrected chi connectivity index (χ3v) is 5.26. The van der Waals surface area contributed by atoms with Crippen molar-refractivity contribution in [3.63, 3.8) is 0 Å². The summed E-state index contributed by atoms with van der Waals surface area (Å²) in [5, 5.41) is 21.3. The van der Waals surface area contributed by atoms with Crippen molar-refractivity contribution < 1.29 is 19.9 Å². The molecule has 0 saturated carbocycles. The summed E-state index contributed by atoms with van der Waals surface area (Å²) in [7, 11) is 0. The second-order valence-electron chi connectivity index (χ2n) is 7.28. The van der Waals surface area contributed by atoms with Gasteiger partial charge in [-0.05, 0) is 43.3 Å². The van der Waals surface area contributed by atoms with Gasteiger partial charge in [-0.25, -0.2) is 15.3 Å². The Morgan fingerprint density at radius 2 is 1.69 bits per heavy atom. The topological polar surface area (TPSA) is 118 Å². The van der Waals surface area contributed by atoms with Crippen LogP contribution in [-0.2, 0) is 4.79 Å². The number of benzene rings is 1. The van der Waals surface area contributed by atoms with E-state index >= 15 is 0 Å². The summed E-state index contributed by atoms with van der Waals surface area (Å²) in [6.45, 7) is 3.48. The number of aliphatic hydroxyl groups excluding tert-OH is 1. The molecule has 1 aliphatic rings. The van der Waals surface area contributed by atoms with Crippen molar-refractivity contribution in [3.8, 4) is 11.8 Å². The van der Waals surface area contributed by atoms with Gasteiger partial charge < -0.3 is 20.2 Å². The highest BCUT2D eigenvalue weighted by molar-refractivity contribution is 6.29. The van der Waals surface area contributed by atoms with E-state index in [1.165, 1.54) is 12.4 Å². The van der Waals surface area contributed by atoms with Crippen LogP contribution in [0.2, 0.25) is 5.15 Å². The Balaban J connectivity index is 1.54. The van der Waals surface area contributed by atoms with Gasteiger partial charge in [-0.2, -0.15) is 0 Å². The van der Waals surface area contributed by atoms with Crippen molar-refractivity contribution in [1.82, 2.24) is 20.7 Å². The monoisotopic (exact) mass is 457 g/mol. The van der Waals surface area contributed by atoms with E-state index in [-0.39, 0.29) is 0 Å². The number of nitrogens with one attached hydrogen (secondary N) is 2. The molecular formula is C22H24ClN5O4. The second-order valence-corrected chi connectivity index (χ2v) is 7.67. The average molecular weight is 458 g/mol. The quantitative estimate of drug-likeness (QED) is 0.237. The maximum Gasteiger partial charge on any atom is 0.318 e. The van der Waals surface area contributed by atoms with Gasteiger partial charge in [0.15, 0.2) is 0 Å². The molecule has 1 fully saturated rings. The highest BCUT2D eigenvalue weighted by Gasteiger charge is 2.29. The summed E-state index contributed by atoms with van der Waals surface area (Å²) < 4.78 is 0. The van der Waals surface area contributed by atoms with Crippen LogP contribution in [0.15, 0.2) is 42.6 Å². The predicted octanol–water partition coefficient (Wildman–Crippen LogP) is 1.22. The maximum absolute atomic E-state index is 12.4. The van der Waals surface area contributed by atoms with Crippen molar-refractivity contribution in [1.29, 1.82) is 0 Å². The highest BCUT2D eigenvalue weighted by Crippen LogP contribution is 2.17. The van der Waals surface area contributed by atoms with Crippen molar-refractivity contribution >= 4 is 29.2 Å². The first-order chi connectivity index (χ1) is 15.4. The van der Waals surface area contributed by atoms with Crippen LogP contribution in [0.25, 0.3) is 0 Å². The highest BCUT2D eigenvalue weighted by atomic mass is 35.5. The Morgan fingerprint density at radius 1 is 1.06 bits per heavy atom. The standard InChI is InChI=1S/C22H24ClN5O4/c1-15(29)20(21(30)26-32)25-22(31)28-12-10-27(11-13-28)18-7-4-16(5-8-18)2-3-17-6-9-19(23)24-14-17/h4-9,14-15,20,29,32H,10-13H2,1H3,(H,25,31)(H,26,30)/t15-,20+/m1/s1.